The largest absolute Gasteiger partial charge is 0.423 e. The van der Waals surface area contributed by atoms with E-state index in [9.17, 15) is 4.79 Å². The van der Waals surface area contributed by atoms with Crippen LogP contribution in [0.3, 0.4) is 0 Å². The van der Waals surface area contributed by atoms with Crippen molar-refractivity contribution in [2.24, 2.45) is 0 Å². The third kappa shape index (κ3) is 2.90. The second-order valence-corrected chi connectivity index (χ2v) is 4.20. The Kier molecular flexibility index (Phi) is 3.62. The van der Waals surface area contributed by atoms with Gasteiger partial charge in [-0.3, -0.25) is 4.79 Å². The molecule has 0 saturated heterocycles. The highest BCUT2D eigenvalue weighted by Crippen LogP contribution is 2.26. The standard InChI is InChI=1S/C14H12N4O2/c1-8-5-11(7-15)18-14(17-8)20-13-4-3-10(16)6-12(13)9(2)19/h3-6H,16H2,1-2H3. The predicted molar refractivity (Wildman–Crippen MR) is 72.4 cm³/mol. The van der Waals surface area contributed by atoms with Crippen molar-refractivity contribution < 1.29 is 9.53 Å². The molecule has 0 atom stereocenters. The minimum atomic E-state index is -0.180. The first-order valence-corrected chi connectivity index (χ1v) is 5.83. The number of carbonyl (C=O) groups is 1. The van der Waals surface area contributed by atoms with E-state index in [-0.39, 0.29) is 17.5 Å². The predicted octanol–water partition coefficient (Wildman–Crippen LogP) is 2.23. The Morgan fingerprint density at radius 2 is 2.10 bits per heavy atom. The number of hydrogen-bond donors (Lipinski definition) is 1. The second-order valence-electron chi connectivity index (χ2n) is 4.20. The first-order valence-electron chi connectivity index (χ1n) is 5.83. The first-order chi connectivity index (χ1) is 9.49. The molecule has 0 spiro atoms. The smallest absolute Gasteiger partial charge is 0.323 e. The average molecular weight is 268 g/mol. The van der Waals surface area contributed by atoms with Gasteiger partial charge in [0, 0.05) is 11.4 Å². The number of Topliss-reactive ketones (excluding diaryl/α,β-unsaturated/α-hetero) is 1. The van der Waals surface area contributed by atoms with Crippen molar-refractivity contribution in [3.05, 3.63) is 41.2 Å². The zero-order valence-corrected chi connectivity index (χ0v) is 11.0. The van der Waals surface area contributed by atoms with E-state index in [1.165, 1.54) is 13.0 Å². The molecule has 2 N–H and O–H groups in total. The van der Waals surface area contributed by atoms with Gasteiger partial charge in [-0.1, -0.05) is 0 Å². The van der Waals surface area contributed by atoms with E-state index < -0.39 is 0 Å². The molecule has 0 unspecified atom stereocenters. The van der Waals surface area contributed by atoms with Gasteiger partial charge in [-0.05, 0) is 38.1 Å². The average Bonchev–Trinajstić information content (AvgIpc) is 2.40. The van der Waals surface area contributed by atoms with Crippen LogP contribution < -0.4 is 10.5 Å². The highest BCUT2D eigenvalue weighted by Gasteiger charge is 2.12. The molecule has 0 aliphatic carbocycles. The molecule has 100 valence electrons. The fraction of sp³-hybridized carbons (Fsp3) is 0.143. The van der Waals surface area contributed by atoms with E-state index in [0.29, 0.717) is 22.7 Å². The Bertz CT molecular complexity index is 720. The highest BCUT2D eigenvalue weighted by atomic mass is 16.5. The van der Waals surface area contributed by atoms with Gasteiger partial charge in [-0.2, -0.15) is 10.2 Å². The van der Waals surface area contributed by atoms with Gasteiger partial charge < -0.3 is 10.5 Å². The van der Waals surface area contributed by atoms with E-state index >= 15 is 0 Å². The number of benzene rings is 1. The van der Waals surface area contributed by atoms with Gasteiger partial charge in [0.05, 0.1) is 5.56 Å². The molecule has 1 aromatic heterocycles. The number of nitriles is 1. The zero-order chi connectivity index (χ0) is 14.7. The van der Waals surface area contributed by atoms with Gasteiger partial charge in [0.2, 0.25) is 0 Å². The Balaban J connectivity index is 2.42. The van der Waals surface area contributed by atoms with Crippen LogP contribution >= 0.6 is 0 Å². The van der Waals surface area contributed by atoms with Crippen molar-refractivity contribution in [2.75, 3.05) is 5.73 Å². The first kappa shape index (κ1) is 13.5. The Morgan fingerprint density at radius 1 is 1.35 bits per heavy atom. The van der Waals surface area contributed by atoms with Crippen LogP contribution in [-0.4, -0.2) is 15.8 Å². The second kappa shape index (κ2) is 5.36. The molecule has 0 amide bonds. The molecule has 2 aromatic rings. The van der Waals surface area contributed by atoms with Crippen molar-refractivity contribution in [3.8, 4) is 17.8 Å². The summed E-state index contributed by atoms with van der Waals surface area (Å²) in [6.07, 6.45) is 0. The molecule has 0 aliphatic rings. The van der Waals surface area contributed by atoms with Crippen LogP contribution in [0.4, 0.5) is 5.69 Å². The SMILES string of the molecule is CC(=O)c1cc(N)ccc1Oc1nc(C)cc(C#N)n1. The monoisotopic (exact) mass is 268 g/mol. The lowest BCUT2D eigenvalue weighted by Gasteiger charge is -2.09. The molecule has 0 saturated carbocycles. The summed E-state index contributed by atoms with van der Waals surface area (Å²) in [5, 5.41) is 8.87. The number of carbonyl (C=O) groups excluding carboxylic acids is 1. The molecular formula is C14H12N4O2. The molecule has 0 aliphatic heterocycles. The number of ether oxygens (including phenoxy) is 1. The maximum absolute atomic E-state index is 11.6. The molecule has 1 heterocycles. The molecule has 0 bridgehead atoms. The number of ketones is 1. The van der Waals surface area contributed by atoms with Crippen LogP contribution in [0.25, 0.3) is 0 Å². The summed E-state index contributed by atoms with van der Waals surface area (Å²) in [6, 6.07) is 8.20. The lowest BCUT2D eigenvalue weighted by Crippen LogP contribution is -2.02. The topological polar surface area (TPSA) is 102 Å². The third-order valence-corrected chi connectivity index (χ3v) is 2.53. The molecule has 1 aromatic carbocycles. The molecular weight excluding hydrogens is 256 g/mol. The van der Waals surface area contributed by atoms with Crippen molar-refractivity contribution in [3.63, 3.8) is 0 Å². The van der Waals surface area contributed by atoms with Crippen LogP contribution in [0, 0.1) is 18.3 Å². The molecule has 0 fully saturated rings. The number of nitrogens with two attached hydrogens (primary N) is 1. The van der Waals surface area contributed by atoms with E-state index in [1.54, 1.807) is 25.1 Å². The summed E-state index contributed by atoms with van der Waals surface area (Å²) in [5.74, 6) is 0.127. The maximum Gasteiger partial charge on any atom is 0.323 e. The van der Waals surface area contributed by atoms with Gasteiger partial charge in [0.25, 0.3) is 0 Å². The number of aryl methyl sites for hydroxylation is 1. The van der Waals surface area contributed by atoms with Gasteiger partial charge in [-0.15, -0.1) is 0 Å². The number of aromatic nitrogens is 2. The lowest BCUT2D eigenvalue weighted by molar-refractivity contribution is 0.101. The quantitative estimate of drug-likeness (QED) is 0.676. The maximum atomic E-state index is 11.6. The number of rotatable bonds is 3. The summed E-state index contributed by atoms with van der Waals surface area (Å²) >= 11 is 0. The normalized spacial score (nSPS) is 9.85. The van der Waals surface area contributed by atoms with Crippen LogP contribution in [-0.2, 0) is 0 Å². The minimum Gasteiger partial charge on any atom is -0.423 e. The Morgan fingerprint density at radius 3 is 2.75 bits per heavy atom. The molecule has 20 heavy (non-hydrogen) atoms. The third-order valence-electron chi connectivity index (χ3n) is 2.53. The summed E-state index contributed by atoms with van der Waals surface area (Å²) in [7, 11) is 0. The van der Waals surface area contributed by atoms with Crippen molar-refractivity contribution in [1.82, 2.24) is 9.97 Å². The molecule has 6 nitrogen and oxygen atoms in total. The Hall–Kier alpha value is -2.94. The van der Waals surface area contributed by atoms with E-state index in [0.717, 1.165) is 0 Å². The van der Waals surface area contributed by atoms with Crippen molar-refractivity contribution >= 4 is 11.5 Å². The van der Waals surface area contributed by atoms with Crippen LogP contribution in [0.15, 0.2) is 24.3 Å². The summed E-state index contributed by atoms with van der Waals surface area (Å²) in [6.45, 7) is 3.14. The van der Waals surface area contributed by atoms with Crippen molar-refractivity contribution in [1.29, 1.82) is 5.26 Å². The minimum absolute atomic E-state index is 0.0221. The Labute approximate surface area is 115 Å². The van der Waals surface area contributed by atoms with Crippen LogP contribution in [0.2, 0.25) is 0 Å². The van der Waals surface area contributed by atoms with Gasteiger partial charge in [-0.25, -0.2) is 4.98 Å². The van der Waals surface area contributed by atoms with Gasteiger partial charge in [0.1, 0.15) is 17.5 Å². The van der Waals surface area contributed by atoms with Gasteiger partial charge in [0.15, 0.2) is 5.78 Å². The number of anilines is 1. The van der Waals surface area contributed by atoms with Crippen molar-refractivity contribution in [2.45, 2.75) is 13.8 Å². The summed E-state index contributed by atoms with van der Waals surface area (Å²) in [4.78, 5) is 19.6. The number of nitrogens with zero attached hydrogens (tertiary/aromatic N) is 3. The van der Waals surface area contributed by atoms with E-state index in [2.05, 4.69) is 9.97 Å². The number of hydrogen-bond acceptors (Lipinski definition) is 6. The highest BCUT2D eigenvalue weighted by molar-refractivity contribution is 5.97. The van der Waals surface area contributed by atoms with Crippen LogP contribution in [0.1, 0.15) is 28.7 Å². The fourth-order valence-corrected chi connectivity index (χ4v) is 1.65. The van der Waals surface area contributed by atoms with E-state index in [1.807, 2.05) is 6.07 Å². The number of nitrogen functional groups attached to an aromatic ring is 1. The lowest BCUT2D eigenvalue weighted by atomic mass is 10.1. The molecule has 6 heteroatoms. The summed E-state index contributed by atoms with van der Waals surface area (Å²) < 4.78 is 5.50. The van der Waals surface area contributed by atoms with E-state index in [4.69, 9.17) is 15.7 Å². The molecule has 2 rings (SSSR count). The van der Waals surface area contributed by atoms with Gasteiger partial charge >= 0.3 is 6.01 Å². The zero-order valence-electron chi connectivity index (χ0n) is 11.0. The summed E-state index contributed by atoms with van der Waals surface area (Å²) in [5.41, 5.74) is 7.26. The fourth-order valence-electron chi connectivity index (χ4n) is 1.65. The van der Waals surface area contributed by atoms with Crippen LogP contribution in [0.5, 0.6) is 11.8 Å². The molecule has 0 radical (unpaired) electrons.